The van der Waals surface area contributed by atoms with Crippen molar-refractivity contribution < 1.29 is 5.11 Å². The Labute approximate surface area is 114 Å². The summed E-state index contributed by atoms with van der Waals surface area (Å²) in [5.74, 6) is 0.982. The number of hydrogen-bond donors (Lipinski definition) is 2. The SMILES string of the molecule is CCC(CO)c1nc(-c2ccc(C)cc2C)c(C)[nH]1. The molecule has 1 heterocycles. The maximum absolute atomic E-state index is 9.38. The first-order valence-electron chi connectivity index (χ1n) is 6.81. The second kappa shape index (κ2) is 5.57. The van der Waals surface area contributed by atoms with Gasteiger partial charge in [0.25, 0.3) is 0 Å². The summed E-state index contributed by atoms with van der Waals surface area (Å²) in [7, 11) is 0. The topological polar surface area (TPSA) is 48.9 Å². The molecule has 102 valence electrons. The number of aromatic amines is 1. The van der Waals surface area contributed by atoms with Gasteiger partial charge in [-0.2, -0.15) is 0 Å². The van der Waals surface area contributed by atoms with Gasteiger partial charge in [0.1, 0.15) is 5.82 Å². The Morgan fingerprint density at radius 1 is 1.26 bits per heavy atom. The normalized spacial score (nSPS) is 12.7. The van der Waals surface area contributed by atoms with Crippen molar-refractivity contribution in [3.63, 3.8) is 0 Å². The lowest BCUT2D eigenvalue weighted by molar-refractivity contribution is 0.258. The molecule has 0 fully saturated rings. The van der Waals surface area contributed by atoms with Crippen molar-refractivity contribution >= 4 is 0 Å². The average Bonchev–Trinajstić information content (AvgIpc) is 2.73. The van der Waals surface area contributed by atoms with Gasteiger partial charge in [-0.25, -0.2) is 4.98 Å². The third-order valence-electron chi connectivity index (χ3n) is 3.64. The van der Waals surface area contributed by atoms with Gasteiger partial charge in [-0.1, -0.05) is 30.7 Å². The highest BCUT2D eigenvalue weighted by Crippen LogP contribution is 2.28. The Morgan fingerprint density at radius 2 is 2.00 bits per heavy atom. The van der Waals surface area contributed by atoms with E-state index < -0.39 is 0 Å². The van der Waals surface area contributed by atoms with Crippen LogP contribution >= 0.6 is 0 Å². The zero-order valence-corrected chi connectivity index (χ0v) is 12.1. The summed E-state index contributed by atoms with van der Waals surface area (Å²) in [5, 5.41) is 9.38. The largest absolute Gasteiger partial charge is 0.396 e. The molecule has 1 aromatic heterocycles. The van der Waals surface area contributed by atoms with E-state index in [0.29, 0.717) is 0 Å². The van der Waals surface area contributed by atoms with E-state index in [1.165, 1.54) is 16.7 Å². The molecule has 2 aromatic rings. The predicted molar refractivity (Wildman–Crippen MR) is 78.4 cm³/mol. The van der Waals surface area contributed by atoms with Gasteiger partial charge in [0, 0.05) is 17.2 Å². The molecule has 2 rings (SSSR count). The van der Waals surface area contributed by atoms with Crippen LogP contribution in [-0.4, -0.2) is 21.7 Å². The number of aliphatic hydroxyl groups excluding tert-OH is 1. The molecule has 19 heavy (non-hydrogen) atoms. The van der Waals surface area contributed by atoms with E-state index in [4.69, 9.17) is 4.98 Å². The molecule has 3 heteroatoms. The van der Waals surface area contributed by atoms with Crippen molar-refractivity contribution in [1.29, 1.82) is 0 Å². The lowest BCUT2D eigenvalue weighted by atomic mass is 10.0. The monoisotopic (exact) mass is 258 g/mol. The van der Waals surface area contributed by atoms with Crippen molar-refractivity contribution in [3.05, 3.63) is 40.8 Å². The summed E-state index contributed by atoms with van der Waals surface area (Å²) in [6.45, 7) is 8.44. The number of H-pyrrole nitrogens is 1. The molecule has 1 unspecified atom stereocenters. The molecule has 0 bridgehead atoms. The van der Waals surface area contributed by atoms with E-state index >= 15 is 0 Å². The first kappa shape index (κ1) is 13.8. The molecular formula is C16H22N2O. The number of nitrogens with one attached hydrogen (secondary N) is 1. The summed E-state index contributed by atoms with van der Waals surface area (Å²) >= 11 is 0. The molecule has 1 atom stereocenters. The standard InChI is InChI=1S/C16H22N2O/c1-5-13(9-19)16-17-12(4)15(18-16)14-7-6-10(2)8-11(14)3/h6-8,13,19H,5,9H2,1-4H3,(H,17,18). The van der Waals surface area contributed by atoms with Gasteiger partial charge in [-0.05, 0) is 32.8 Å². The minimum absolute atomic E-state index is 0.0956. The van der Waals surface area contributed by atoms with Gasteiger partial charge in [-0.3, -0.25) is 0 Å². The summed E-state index contributed by atoms with van der Waals surface area (Å²) in [4.78, 5) is 8.01. The van der Waals surface area contributed by atoms with Crippen molar-refractivity contribution in [3.8, 4) is 11.3 Å². The molecule has 0 amide bonds. The first-order chi connectivity index (χ1) is 9.06. The Balaban J connectivity index is 2.45. The van der Waals surface area contributed by atoms with Crippen molar-refractivity contribution in [2.75, 3.05) is 6.61 Å². The molecule has 0 saturated heterocycles. The van der Waals surface area contributed by atoms with Crippen LogP contribution in [0.4, 0.5) is 0 Å². The molecule has 2 N–H and O–H groups in total. The Kier molecular flexibility index (Phi) is 4.05. The summed E-state index contributed by atoms with van der Waals surface area (Å²) in [6.07, 6.45) is 0.885. The fraction of sp³-hybridized carbons (Fsp3) is 0.438. The van der Waals surface area contributed by atoms with Gasteiger partial charge in [0.2, 0.25) is 0 Å². The molecule has 0 spiro atoms. The number of nitrogens with zero attached hydrogens (tertiary/aromatic N) is 1. The zero-order valence-electron chi connectivity index (χ0n) is 12.1. The third-order valence-corrected chi connectivity index (χ3v) is 3.64. The molecule has 3 nitrogen and oxygen atoms in total. The minimum atomic E-state index is 0.0956. The van der Waals surface area contributed by atoms with Crippen molar-refractivity contribution in [1.82, 2.24) is 9.97 Å². The van der Waals surface area contributed by atoms with E-state index in [2.05, 4.69) is 44.0 Å². The Morgan fingerprint density at radius 3 is 2.58 bits per heavy atom. The third kappa shape index (κ3) is 2.71. The van der Waals surface area contributed by atoms with Gasteiger partial charge >= 0.3 is 0 Å². The number of aromatic nitrogens is 2. The van der Waals surface area contributed by atoms with Crippen molar-refractivity contribution in [2.24, 2.45) is 0 Å². The quantitative estimate of drug-likeness (QED) is 0.882. The van der Waals surface area contributed by atoms with Crippen LogP contribution in [0.25, 0.3) is 11.3 Å². The smallest absolute Gasteiger partial charge is 0.112 e. The van der Waals surface area contributed by atoms with Gasteiger partial charge in [-0.15, -0.1) is 0 Å². The first-order valence-corrected chi connectivity index (χ1v) is 6.81. The van der Waals surface area contributed by atoms with Crippen molar-refractivity contribution in [2.45, 2.75) is 40.0 Å². The van der Waals surface area contributed by atoms with Crippen LogP contribution in [0.1, 0.15) is 41.9 Å². The van der Waals surface area contributed by atoms with Crippen LogP contribution in [0.2, 0.25) is 0 Å². The Bertz CT molecular complexity index is 568. The van der Waals surface area contributed by atoms with Crippen LogP contribution in [0.5, 0.6) is 0 Å². The lowest BCUT2D eigenvalue weighted by Gasteiger charge is -2.07. The number of rotatable bonds is 4. The van der Waals surface area contributed by atoms with E-state index in [1.54, 1.807) is 0 Å². The highest BCUT2D eigenvalue weighted by Gasteiger charge is 2.16. The van der Waals surface area contributed by atoms with Gasteiger partial charge in [0.05, 0.1) is 12.3 Å². The minimum Gasteiger partial charge on any atom is -0.396 e. The molecule has 0 radical (unpaired) electrons. The van der Waals surface area contributed by atoms with Crippen LogP contribution in [-0.2, 0) is 0 Å². The van der Waals surface area contributed by atoms with Crippen LogP contribution in [0.3, 0.4) is 0 Å². The number of benzene rings is 1. The highest BCUT2D eigenvalue weighted by molar-refractivity contribution is 5.66. The van der Waals surface area contributed by atoms with E-state index in [0.717, 1.165) is 23.6 Å². The lowest BCUT2D eigenvalue weighted by Crippen LogP contribution is -2.04. The molecule has 0 saturated carbocycles. The van der Waals surface area contributed by atoms with E-state index in [-0.39, 0.29) is 12.5 Å². The molecule has 1 aromatic carbocycles. The summed E-state index contributed by atoms with van der Waals surface area (Å²) in [5.41, 5.74) is 5.72. The fourth-order valence-electron chi connectivity index (χ4n) is 2.43. The molecular weight excluding hydrogens is 236 g/mol. The fourth-order valence-corrected chi connectivity index (χ4v) is 2.43. The van der Waals surface area contributed by atoms with Gasteiger partial charge in [0.15, 0.2) is 0 Å². The van der Waals surface area contributed by atoms with Crippen LogP contribution in [0, 0.1) is 20.8 Å². The summed E-state index contributed by atoms with van der Waals surface area (Å²) < 4.78 is 0. The van der Waals surface area contributed by atoms with Gasteiger partial charge < -0.3 is 10.1 Å². The van der Waals surface area contributed by atoms with E-state index in [9.17, 15) is 5.11 Å². The number of imidazole rings is 1. The molecule has 0 aliphatic rings. The van der Waals surface area contributed by atoms with E-state index in [1.807, 2.05) is 6.92 Å². The number of hydrogen-bond acceptors (Lipinski definition) is 2. The summed E-state index contributed by atoms with van der Waals surface area (Å²) in [6, 6.07) is 6.41. The maximum atomic E-state index is 9.38. The molecule has 0 aliphatic heterocycles. The highest BCUT2D eigenvalue weighted by atomic mass is 16.3. The Hall–Kier alpha value is -1.61. The number of aliphatic hydroxyl groups is 1. The predicted octanol–water partition coefficient (Wildman–Crippen LogP) is 3.49. The van der Waals surface area contributed by atoms with Crippen LogP contribution < -0.4 is 0 Å². The molecule has 0 aliphatic carbocycles. The second-order valence-electron chi connectivity index (χ2n) is 5.20. The number of aryl methyl sites for hydroxylation is 3. The zero-order chi connectivity index (χ0) is 14.0. The second-order valence-corrected chi connectivity index (χ2v) is 5.20. The maximum Gasteiger partial charge on any atom is 0.112 e. The van der Waals surface area contributed by atoms with Crippen LogP contribution in [0.15, 0.2) is 18.2 Å². The average molecular weight is 258 g/mol.